The summed E-state index contributed by atoms with van der Waals surface area (Å²) in [6.07, 6.45) is 1.50. The molecule has 22 heavy (non-hydrogen) atoms. The number of pyridine rings is 1. The van der Waals surface area contributed by atoms with Gasteiger partial charge in [0.25, 0.3) is 5.56 Å². The van der Waals surface area contributed by atoms with E-state index in [4.69, 9.17) is 0 Å². The van der Waals surface area contributed by atoms with Crippen LogP contribution in [0.1, 0.15) is 11.3 Å². The molecule has 1 N–H and O–H groups in total. The molecule has 0 unspecified atom stereocenters. The number of H-pyrrole nitrogens is 1. The van der Waals surface area contributed by atoms with Gasteiger partial charge in [-0.15, -0.1) is 0 Å². The van der Waals surface area contributed by atoms with Crippen LogP contribution in [0.4, 0.5) is 8.78 Å². The summed E-state index contributed by atoms with van der Waals surface area (Å²) in [5.74, 6) is -3.35. The van der Waals surface area contributed by atoms with Crippen molar-refractivity contribution in [1.29, 1.82) is 0 Å². The van der Waals surface area contributed by atoms with Gasteiger partial charge in [-0.25, -0.2) is 4.98 Å². The number of nitrogens with one attached hydrogen (secondary N) is 1. The van der Waals surface area contributed by atoms with Crippen molar-refractivity contribution in [3.8, 4) is 11.5 Å². The zero-order chi connectivity index (χ0) is 15.6. The molecule has 3 rings (SSSR count). The lowest BCUT2D eigenvalue weighted by molar-refractivity contribution is 0.0378. The maximum absolute atomic E-state index is 14.5. The monoisotopic (exact) mass is 299 g/mol. The predicted molar refractivity (Wildman–Crippen MR) is 77.5 cm³/mol. The molecule has 0 atom stereocenters. The Hall–Kier alpha value is -2.89. The maximum Gasteiger partial charge on any atom is 0.315 e. The fourth-order valence-corrected chi connectivity index (χ4v) is 2.04. The first-order valence-corrected chi connectivity index (χ1v) is 6.54. The molecular weight excluding hydrogens is 288 g/mol. The van der Waals surface area contributed by atoms with Crippen molar-refractivity contribution in [1.82, 2.24) is 15.0 Å². The number of aromatic nitrogens is 3. The number of aromatic amines is 1. The van der Waals surface area contributed by atoms with Crippen LogP contribution in [0.3, 0.4) is 0 Å². The van der Waals surface area contributed by atoms with E-state index in [0.717, 1.165) is 6.07 Å². The second kappa shape index (κ2) is 5.48. The summed E-state index contributed by atoms with van der Waals surface area (Å²) >= 11 is 0. The van der Waals surface area contributed by atoms with E-state index < -0.39 is 17.2 Å². The summed E-state index contributed by atoms with van der Waals surface area (Å²) in [6, 6.07) is 13.0. The molecule has 2 aromatic heterocycles. The Morgan fingerprint density at radius 3 is 2.41 bits per heavy atom. The zero-order valence-electron chi connectivity index (χ0n) is 11.3. The second-order valence-corrected chi connectivity index (χ2v) is 4.63. The molecule has 0 bridgehead atoms. The highest BCUT2D eigenvalue weighted by molar-refractivity contribution is 5.48. The summed E-state index contributed by atoms with van der Waals surface area (Å²) in [4.78, 5) is 22.0. The third-order valence-corrected chi connectivity index (χ3v) is 3.11. The quantitative estimate of drug-likeness (QED) is 0.809. The Bertz CT molecular complexity index is 833. The van der Waals surface area contributed by atoms with Gasteiger partial charge in [0, 0.05) is 17.8 Å². The molecule has 0 aliphatic carbocycles. The van der Waals surface area contributed by atoms with Crippen molar-refractivity contribution < 1.29 is 8.78 Å². The van der Waals surface area contributed by atoms with Crippen molar-refractivity contribution in [2.75, 3.05) is 0 Å². The zero-order valence-corrected chi connectivity index (χ0v) is 11.3. The van der Waals surface area contributed by atoms with Crippen LogP contribution >= 0.6 is 0 Å². The summed E-state index contributed by atoms with van der Waals surface area (Å²) in [6.45, 7) is 0. The third-order valence-electron chi connectivity index (χ3n) is 3.11. The number of halogens is 2. The van der Waals surface area contributed by atoms with Gasteiger partial charge in [-0.1, -0.05) is 36.4 Å². The molecule has 0 aliphatic rings. The molecule has 6 heteroatoms. The molecule has 2 heterocycles. The molecule has 1 aromatic carbocycles. The number of nitrogens with zero attached hydrogens (tertiary/aromatic N) is 2. The molecule has 0 amide bonds. The van der Waals surface area contributed by atoms with E-state index in [-0.39, 0.29) is 11.4 Å². The van der Waals surface area contributed by atoms with E-state index in [0.29, 0.717) is 5.69 Å². The van der Waals surface area contributed by atoms with Gasteiger partial charge in [-0.05, 0) is 12.1 Å². The Labute approximate surface area is 124 Å². The van der Waals surface area contributed by atoms with Gasteiger partial charge in [0.1, 0.15) is 11.4 Å². The Balaban J connectivity index is 2.13. The standard InChI is InChI=1S/C16H11F2N3O/c17-16(18,11-6-2-1-3-7-11)13-10-14(22)21-15(20-13)12-8-4-5-9-19-12/h1-10H,(H,20,21,22). The van der Waals surface area contributed by atoms with Crippen LogP contribution in [0.2, 0.25) is 0 Å². The van der Waals surface area contributed by atoms with Gasteiger partial charge in [-0.2, -0.15) is 8.78 Å². The van der Waals surface area contributed by atoms with E-state index in [1.54, 1.807) is 24.3 Å². The molecular formula is C16H11F2N3O. The largest absolute Gasteiger partial charge is 0.315 e. The number of alkyl halides is 2. The normalized spacial score (nSPS) is 11.4. The van der Waals surface area contributed by atoms with Crippen LogP contribution in [-0.2, 0) is 5.92 Å². The first-order chi connectivity index (χ1) is 10.6. The van der Waals surface area contributed by atoms with Crippen molar-refractivity contribution in [2.24, 2.45) is 0 Å². The van der Waals surface area contributed by atoms with Gasteiger partial charge in [-0.3, -0.25) is 9.78 Å². The molecule has 0 fully saturated rings. The summed E-state index contributed by atoms with van der Waals surface area (Å²) in [7, 11) is 0. The van der Waals surface area contributed by atoms with Gasteiger partial charge in [0.15, 0.2) is 5.82 Å². The van der Waals surface area contributed by atoms with Crippen molar-refractivity contribution in [2.45, 2.75) is 5.92 Å². The fourth-order valence-electron chi connectivity index (χ4n) is 2.04. The minimum absolute atomic E-state index is 0.0127. The average molecular weight is 299 g/mol. The lowest BCUT2D eigenvalue weighted by Gasteiger charge is -2.16. The van der Waals surface area contributed by atoms with Crippen LogP contribution in [0.25, 0.3) is 11.5 Å². The lowest BCUT2D eigenvalue weighted by Crippen LogP contribution is -2.22. The number of rotatable bonds is 3. The highest BCUT2D eigenvalue weighted by Crippen LogP contribution is 2.34. The van der Waals surface area contributed by atoms with Crippen LogP contribution in [0, 0.1) is 0 Å². The van der Waals surface area contributed by atoms with Crippen LogP contribution in [0.5, 0.6) is 0 Å². The Morgan fingerprint density at radius 2 is 1.73 bits per heavy atom. The van der Waals surface area contributed by atoms with Crippen molar-refractivity contribution in [3.63, 3.8) is 0 Å². The molecule has 110 valence electrons. The van der Waals surface area contributed by atoms with Gasteiger partial charge < -0.3 is 4.98 Å². The summed E-state index contributed by atoms with van der Waals surface area (Å²) < 4.78 is 29.1. The molecule has 4 nitrogen and oxygen atoms in total. The van der Waals surface area contributed by atoms with Crippen molar-refractivity contribution in [3.05, 3.63) is 82.4 Å². The van der Waals surface area contributed by atoms with E-state index in [1.165, 1.54) is 30.5 Å². The Kier molecular flexibility index (Phi) is 3.50. The molecule has 0 spiro atoms. The molecule has 0 aliphatic heterocycles. The number of hydrogen-bond acceptors (Lipinski definition) is 3. The van der Waals surface area contributed by atoms with Crippen LogP contribution < -0.4 is 5.56 Å². The first-order valence-electron chi connectivity index (χ1n) is 6.54. The van der Waals surface area contributed by atoms with Crippen molar-refractivity contribution >= 4 is 0 Å². The van der Waals surface area contributed by atoms with Gasteiger partial charge in [0.05, 0.1) is 0 Å². The van der Waals surface area contributed by atoms with Gasteiger partial charge >= 0.3 is 5.92 Å². The highest BCUT2D eigenvalue weighted by Gasteiger charge is 2.36. The SMILES string of the molecule is O=c1cc(C(F)(F)c2ccccc2)nc(-c2ccccn2)[nH]1. The van der Waals surface area contributed by atoms with E-state index >= 15 is 0 Å². The van der Waals surface area contributed by atoms with E-state index in [9.17, 15) is 13.6 Å². The topological polar surface area (TPSA) is 58.6 Å². The smallest absolute Gasteiger partial charge is 0.305 e. The minimum Gasteiger partial charge on any atom is -0.305 e. The van der Waals surface area contributed by atoms with E-state index in [1.807, 2.05) is 0 Å². The maximum atomic E-state index is 14.5. The van der Waals surface area contributed by atoms with Gasteiger partial charge in [0.2, 0.25) is 0 Å². The molecule has 0 saturated heterocycles. The predicted octanol–water partition coefficient (Wildman–Crippen LogP) is 2.97. The fraction of sp³-hybridized carbons (Fsp3) is 0.0625. The Morgan fingerprint density at radius 1 is 1.00 bits per heavy atom. The minimum atomic E-state index is -3.36. The second-order valence-electron chi connectivity index (χ2n) is 4.63. The molecule has 3 aromatic rings. The average Bonchev–Trinajstić information content (AvgIpc) is 2.56. The molecule has 0 radical (unpaired) electrons. The lowest BCUT2D eigenvalue weighted by atomic mass is 10.1. The third kappa shape index (κ3) is 2.63. The first kappa shape index (κ1) is 14.1. The summed E-state index contributed by atoms with van der Waals surface area (Å²) in [5.41, 5.74) is -1.16. The summed E-state index contributed by atoms with van der Waals surface area (Å²) in [5, 5.41) is 0. The highest BCUT2D eigenvalue weighted by atomic mass is 19.3. The van der Waals surface area contributed by atoms with E-state index in [2.05, 4.69) is 15.0 Å². The van der Waals surface area contributed by atoms with Crippen LogP contribution in [0.15, 0.2) is 65.6 Å². The number of hydrogen-bond donors (Lipinski definition) is 1. The van der Waals surface area contributed by atoms with Crippen LogP contribution in [-0.4, -0.2) is 15.0 Å². The number of benzene rings is 1. The molecule has 0 saturated carbocycles.